The van der Waals surface area contributed by atoms with Gasteiger partial charge in [-0.25, -0.2) is 0 Å². The number of phenols is 1. The highest BCUT2D eigenvalue weighted by molar-refractivity contribution is 6.22. The first kappa shape index (κ1) is 40.3. The van der Waals surface area contributed by atoms with Gasteiger partial charge in [-0.2, -0.15) is 5.01 Å². The molecule has 4 amide bonds. The van der Waals surface area contributed by atoms with Gasteiger partial charge in [-0.1, -0.05) is 96.1 Å². The molecule has 3 fully saturated rings. The summed E-state index contributed by atoms with van der Waals surface area (Å²) < 4.78 is 16.8. The zero-order chi connectivity index (χ0) is 43.3. The Bertz CT molecular complexity index is 2640. The normalized spacial score (nSPS) is 24.1. The molecule has 5 aromatic carbocycles. The van der Waals surface area contributed by atoms with Crippen LogP contribution >= 0.6 is 0 Å². The van der Waals surface area contributed by atoms with E-state index in [-0.39, 0.29) is 42.8 Å². The Labute approximate surface area is 360 Å². The Hall–Kier alpha value is -7.14. The van der Waals surface area contributed by atoms with Crippen LogP contribution in [0, 0.1) is 30.6 Å². The highest BCUT2D eigenvalue weighted by Gasteiger charge is 2.70. The number of ether oxygens (including phenoxy) is 3. The predicted molar refractivity (Wildman–Crippen MR) is 235 cm³/mol. The SMILES string of the molecule is CCOc1cccc([C@H]2C3=CC[C@@H]4C(=O)N(c5ccc(C=Cc6cc(OC)ccc6OC)cc5)C(=O)[C@@H]4[C@@H]3C[C@H]3C(=O)N(Nc4ccc(C)cc4)C(=O)[C@@]23c2ccccc2)c1O. The fourth-order valence-corrected chi connectivity index (χ4v) is 10.3. The van der Waals surface area contributed by atoms with Crippen LogP contribution in [0.25, 0.3) is 12.2 Å². The first-order chi connectivity index (χ1) is 30.1. The molecular weight excluding hydrogens is 783 g/mol. The molecule has 2 aliphatic carbocycles. The third-order valence-electron chi connectivity index (χ3n) is 13.1. The van der Waals surface area contributed by atoms with E-state index in [0.717, 1.165) is 27.3 Å². The number of amides is 4. The van der Waals surface area contributed by atoms with E-state index in [2.05, 4.69) is 5.43 Å². The number of allylic oxidation sites excluding steroid dienone is 2. The molecule has 0 radical (unpaired) electrons. The number of aryl methyl sites for hydroxylation is 1. The zero-order valence-corrected chi connectivity index (χ0v) is 34.9. The van der Waals surface area contributed by atoms with Crippen LogP contribution < -0.4 is 24.5 Å². The number of fused-ring (bicyclic) bond motifs is 4. The van der Waals surface area contributed by atoms with E-state index in [1.807, 2.05) is 117 Å². The number of benzene rings is 5. The molecule has 0 aromatic heterocycles. The molecule has 6 atom stereocenters. The van der Waals surface area contributed by atoms with Crippen LogP contribution in [0.15, 0.2) is 127 Å². The standard InChI is InChI=1S/C51H47N3O8/c1-5-62-43-13-9-12-39(46(43)55)45-37-25-26-38-44(49(58)53(47(38)56)35-22-17-31(18-23-35)16-19-32-28-36(60-3)24-27-42(32)61-4)40(37)29-41-48(57)54(52-34-20-14-30(2)15-21-34)50(59)51(41,45)33-10-7-6-8-11-33/h6-25,27-28,38,40-41,44-45,52,55H,5,26,29H2,1-4H3/t38-,40+,41-,44-,45+,51+/m0/s1. The number of aromatic hydroxyl groups is 1. The molecule has 2 aliphatic heterocycles. The van der Waals surface area contributed by atoms with Crippen molar-refractivity contribution in [3.63, 3.8) is 0 Å². The highest BCUT2D eigenvalue weighted by atomic mass is 16.5. The average molecular weight is 830 g/mol. The highest BCUT2D eigenvalue weighted by Crippen LogP contribution is 2.65. The smallest absolute Gasteiger partial charge is 0.260 e. The molecule has 314 valence electrons. The van der Waals surface area contributed by atoms with Crippen molar-refractivity contribution in [1.29, 1.82) is 0 Å². The summed E-state index contributed by atoms with van der Waals surface area (Å²) in [6, 6.07) is 34.6. The molecule has 2 saturated heterocycles. The Morgan fingerprint density at radius 2 is 1.55 bits per heavy atom. The van der Waals surface area contributed by atoms with Gasteiger partial charge in [0.2, 0.25) is 11.8 Å². The van der Waals surface area contributed by atoms with E-state index < -0.39 is 46.8 Å². The molecule has 9 rings (SSSR count). The van der Waals surface area contributed by atoms with Gasteiger partial charge in [0.15, 0.2) is 11.5 Å². The lowest BCUT2D eigenvalue weighted by Gasteiger charge is -2.50. The van der Waals surface area contributed by atoms with Crippen LogP contribution in [0.1, 0.15) is 53.5 Å². The molecule has 0 spiro atoms. The van der Waals surface area contributed by atoms with E-state index in [9.17, 15) is 14.7 Å². The summed E-state index contributed by atoms with van der Waals surface area (Å²) >= 11 is 0. The third kappa shape index (κ3) is 6.42. The fourth-order valence-electron chi connectivity index (χ4n) is 10.3. The van der Waals surface area contributed by atoms with Crippen molar-refractivity contribution < 1.29 is 38.5 Å². The Morgan fingerprint density at radius 1 is 0.790 bits per heavy atom. The third-order valence-corrected chi connectivity index (χ3v) is 13.1. The molecule has 2 heterocycles. The molecule has 11 nitrogen and oxygen atoms in total. The van der Waals surface area contributed by atoms with Crippen LogP contribution in [0.2, 0.25) is 0 Å². The Morgan fingerprint density at radius 3 is 2.26 bits per heavy atom. The van der Waals surface area contributed by atoms with E-state index in [0.29, 0.717) is 34.0 Å². The van der Waals surface area contributed by atoms with Gasteiger partial charge in [-0.3, -0.25) is 29.5 Å². The number of carbonyl (C=O) groups excluding carboxylic acids is 4. The van der Waals surface area contributed by atoms with E-state index in [1.165, 1.54) is 4.90 Å². The Kier molecular flexibility index (Phi) is 10.4. The van der Waals surface area contributed by atoms with Crippen molar-refractivity contribution in [1.82, 2.24) is 5.01 Å². The number of methoxy groups -OCH3 is 2. The van der Waals surface area contributed by atoms with Crippen LogP contribution in [-0.4, -0.2) is 54.6 Å². The fraction of sp³-hybridized carbons (Fsp3) is 0.255. The summed E-state index contributed by atoms with van der Waals surface area (Å²) in [4.78, 5) is 61.1. The summed E-state index contributed by atoms with van der Waals surface area (Å²) in [5, 5.41) is 13.2. The predicted octanol–water partition coefficient (Wildman–Crippen LogP) is 8.48. The number of anilines is 2. The number of rotatable bonds is 11. The van der Waals surface area contributed by atoms with Crippen molar-refractivity contribution in [3.05, 3.63) is 155 Å². The first-order valence-corrected chi connectivity index (χ1v) is 20.9. The van der Waals surface area contributed by atoms with Gasteiger partial charge in [0.05, 0.1) is 55.4 Å². The first-order valence-electron chi connectivity index (χ1n) is 20.9. The van der Waals surface area contributed by atoms with Gasteiger partial charge in [-0.15, -0.1) is 0 Å². The molecule has 11 heteroatoms. The quantitative estimate of drug-likeness (QED) is 0.0764. The number of hydrazine groups is 1. The van der Waals surface area contributed by atoms with Gasteiger partial charge >= 0.3 is 0 Å². The summed E-state index contributed by atoms with van der Waals surface area (Å²) in [5.74, 6) is -4.07. The zero-order valence-electron chi connectivity index (χ0n) is 34.9. The Balaban J connectivity index is 1.12. The molecule has 5 aromatic rings. The average Bonchev–Trinajstić information content (AvgIpc) is 3.68. The monoisotopic (exact) mass is 829 g/mol. The molecule has 4 aliphatic rings. The summed E-state index contributed by atoms with van der Waals surface area (Å²) in [6.07, 6.45) is 6.18. The molecular formula is C51H47N3O8. The van der Waals surface area contributed by atoms with Crippen LogP contribution in [0.3, 0.4) is 0 Å². The lowest BCUT2D eigenvalue weighted by Crippen LogP contribution is -2.53. The second-order valence-corrected chi connectivity index (χ2v) is 16.3. The number of para-hydroxylation sites is 1. The minimum Gasteiger partial charge on any atom is -0.504 e. The van der Waals surface area contributed by atoms with Crippen LogP contribution in [-0.2, 0) is 24.6 Å². The van der Waals surface area contributed by atoms with Gasteiger partial charge in [0, 0.05) is 17.0 Å². The van der Waals surface area contributed by atoms with Crippen molar-refractivity contribution in [3.8, 4) is 23.0 Å². The topological polar surface area (TPSA) is 135 Å². The number of nitrogens with zero attached hydrogens (tertiary/aromatic N) is 2. The maximum Gasteiger partial charge on any atom is 0.260 e. The minimum atomic E-state index is -1.53. The molecule has 62 heavy (non-hydrogen) atoms. The van der Waals surface area contributed by atoms with Gasteiger partial charge in [0.25, 0.3) is 11.8 Å². The molecule has 0 bridgehead atoms. The van der Waals surface area contributed by atoms with E-state index in [4.69, 9.17) is 14.2 Å². The maximum atomic E-state index is 15.5. The molecule has 1 saturated carbocycles. The minimum absolute atomic E-state index is 0.130. The second kappa shape index (κ2) is 16.0. The largest absolute Gasteiger partial charge is 0.504 e. The number of nitrogens with one attached hydrogen (secondary N) is 1. The molecule has 0 unspecified atom stereocenters. The van der Waals surface area contributed by atoms with E-state index in [1.54, 1.807) is 44.6 Å². The molecule has 2 N–H and O–H groups in total. The van der Waals surface area contributed by atoms with Crippen molar-refractivity contribution in [2.75, 3.05) is 31.2 Å². The van der Waals surface area contributed by atoms with Gasteiger partial charge in [0.1, 0.15) is 11.5 Å². The van der Waals surface area contributed by atoms with Crippen molar-refractivity contribution in [2.45, 2.75) is 38.0 Å². The summed E-state index contributed by atoms with van der Waals surface area (Å²) in [5.41, 5.74) is 7.03. The van der Waals surface area contributed by atoms with Crippen LogP contribution in [0.5, 0.6) is 23.0 Å². The van der Waals surface area contributed by atoms with Gasteiger partial charge < -0.3 is 19.3 Å². The number of hydrogen-bond acceptors (Lipinski definition) is 9. The van der Waals surface area contributed by atoms with Crippen molar-refractivity contribution >= 4 is 47.2 Å². The number of phenolic OH excluding ortho intramolecular Hbond substituents is 1. The number of imide groups is 2. The lowest BCUT2D eigenvalue weighted by molar-refractivity contribution is -0.138. The summed E-state index contributed by atoms with van der Waals surface area (Å²) in [6.45, 7) is 4.06. The lowest BCUT2D eigenvalue weighted by atomic mass is 9.49. The maximum absolute atomic E-state index is 15.5. The van der Waals surface area contributed by atoms with Gasteiger partial charge in [-0.05, 0) is 92.3 Å². The summed E-state index contributed by atoms with van der Waals surface area (Å²) in [7, 11) is 3.21. The number of hydrogen-bond donors (Lipinski definition) is 2. The second-order valence-electron chi connectivity index (χ2n) is 16.3. The van der Waals surface area contributed by atoms with Crippen LogP contribution in [0.4, 0.5) is 11.4 Å². The number of carbonyl (C=O) groups is 4. The van der Waals surface area contributed by atoms with E-state index >= 15 is 9.59 Å². The van der Waals surface area contributed by atoms with Crippen molar-refractivity contribution in [2.24, 2.45) is 23.7 Å².